The van der Waals surface area contributed by atoms with Crippen LogP contribution in [0, 0.1) is 6.92 Å². The number of hydrogen-bond donors (Lipinski definition) is 1. The van der Waals surface area contributed by atoms with Gasteiger partial charge in [-0.3, -0.25) is 4.40 Å². The number of anilines is 2. The van der Waals surface area contributed by atoms with Crippen molar-refractivity contribution in [1.29, 1.82) is 0 Å². The first-order chi connectivity index (χ1) is 12.1. The second-order valence-corrected chi connectivity index (χ2v) is 7.13. The van der Waals surface area contributed by atoms with Crippen LogP contribution in [0.4, 0.5) is 10.8 Å². The lowest BCUT2D eigenvalue weighted by atomic mass is 10.0. The zero-order valence-corrected chi connectivity index (χ0v) is 15.2. The average molecular weight is 349 g/mol. The molecule has 0 saturated heterocycles. The van der Waals surface area contributed by atoms with Crippen LogP contribution in [0.15, 0.2) is 48.1 Å². The third kappa shape index (κ3) is 3.00. The molecular weight excluding hydrogens is 330 g/mol. The summed E-state index contributed by atoms with van der Waals surface area (Å²) >= 11 is 1.59. The normalized spacial score (nSPS) is 11.4. The van der Waals surface area contributed by atoms with Gasteiger partial charge in [-0.1, -0.05) is 26.0 Å². The second-order valence-electron chi connectivity index (χ2n) is 6.28. The molecule has 3 aromatic heterocycles. The molecule has 0 aliphatic heterocycles. The minimum Gasteiger partial charge on any atom is -0.332 e. The summed E-state index contributed by atoms with van der Waals surface area (Å²) in [4.78, 5) is 13.5. The molecule has 0 aliphatic carbocycles. The summed E-state index contributed by atoms with van der Waals surface area (Å²) in [6.45, 7) is 6.38. The van der Waals surface area contributed by atoms with Crippen molar-refractivity contribution in [1.82, 2.24) is 19.4 Å². The van der Waals surface area contributed by atoms with E-state index in [0.29, 0.717) is 11.7 Å². The summed E-state index contributed by atoms with van der Waals surface area (Å²) in [7, 11) is 0. The molecule has 6 heteroatoms. The second kappa shape index (κ2) is 6.29. The Morgan fingerprint density at radius 2 is 1.92 bits per heavy atom. The molecule has 0 radical (unpaired) electrons. The van der Waals surface area contributed by atoms with Crippen LogP contribution in [0.5, 0.6) is 0 Å². The van der Waals surface area contributed by atoms with Crippen molar-refractivity contribution >= 4 is 27.9 Å². The van der Waals surface area contributed by atoms with Crippen LogP contribution in [0.3, 0.4) is 0 Å². The van der Waals surface area contributed by atoms with Gasteiger partial charge in [-0.05, 0) is 36.6 Å². The van der Waals surface area contributed by atoms with E-state index < -0.39 is 0 Å². The molecular formula is C19H19N5S. The van der Waals surface area contributed by atoms with Crippen LogP contribution in [-0.4, -0.2) is 19.4 Å². The van der Waals surface area contributed by atoms with Crippen LogP contribution in [0.25, 0.3) is 17.2 Å². The molecule has 5 nitrogen and oxygen atoms in total. The van der Waals surface area contributed by atoms with Gasteiger partial charge in [0.1, 0.15) is 5.69 Å². The van der Waals surface area contributed by atoms with Crippen molar-refractivity contribution in [3.05, 3.63) is 59.4 Å². The molecule has 0 aliphatic rings. The van der Waals surface area contributed by atoms with E-state index in [1.165, 1.54) is 5.56 Å². The number of nitrogens with one attached hydrogen (secondary N) is 1. The van der Waals surface area contributed by atoms with E-state index in [0.717, 1.165) is 27.9 Å². The zero-order valence-electron chi connectivity index (χ0n) is 14.4. The highest BCUT2D eigenvalue weighted by atomic mass is 32.1. The molecule has 0 atom stereocenters. The highest BCUT2D eigenvalue weighted by Crippen LogP contribution is 2.29. The number of benzene rings is 1. The van der Waals surface area contributed by atoms with Crippen LogP contribution in [-0.2, 0) is 0 Å². The maximum atomic E-state index is 4.74. The number of hydrogen-bond acceptors (Lipinski definition) is 5. The molecule has 0 bridgehead atoms. The zero-order chi connectivity index (χ0) is 17.4. The third-order valence-corrected chi connectivity index (χ3v) is 4.91. The predicted octanol–water partition coefficient (Wildman–Crippen LogP) is 5.03. The Balaban J connectivity index is 1.62. The molecule has 1 N–H and O–H groups in total. The van der Waals surface area contributed by atoms with Crippen molar-refractivity contribution in [2.45, 2.75) is 26.7 Å². The van der Waals surface area contributed by atoms with Gasteiger partial charge < -0.3 is 5.32 Å². The number of fused-ring (bicyclic) bond motifs is 1. The van der Waals surface area contributed by atoms with Crippen LogP contribution < -0.4 is 5.32 Å². The maximum Gasteiger partial charge on any atom is 0.234 e. The molecule has 0 amide bonds. The van der Waals surface area contributed by atoms with Crippen LogP contribution >= 0.6 is 11.3 Å². The molecule has 4 aromatic rings. The number of thiazole rings is 1. The molecule has 3 heterocycles. The van der Waals surface area contributed by atoms with E-state index in [-0.39, 0.29) is 0 Å². The van der Waals surface area contributed by atoms with E-state index in [4.69, 9.17) is 4.98 Å². The Morgan fingerprint density at radius 3 is 2.68 bits per heavy atom. The Labute approximate surface area is 150 Å². The molecule has 25 heavy (non-hydrogen) atoms. The van der Waals surface area contributed by atoms with Gasteiger partial charge >= 0.3 is 0 Å². The highest BCUT2D eigenvalue weighted by molar-refractivity contribution is 7.14. The summed E-state index contributed by atoms with van der Waals surface area (Å²) in [6, 6.07) is 10.4. The van der Waals surface area contributed by atoms with Crippen molar-refractivity contribution < 1.29 is 0 Å². The fraction of sp³-hybridized carbons (Fsp3) is 0.211. The summed E-state index contributed by atoms with van der Waals surface area (Å²) in [5.41, 5.74) is 5.20. The minimum atomic E-state index is 0.534. The van der Waals surface area contributed by atoms with Crippen molar-refractivity contribution in [3.63, 3.8) is 0 Å². The molecule has 4 rings (SSSR count). The van der Waals surface area contributed by atoms with Crippen molar-refractivity contribution in [2.75, 3.05) is 5.32 Å². The van der Waals surface area contributed by atoms with Gasteiger partial charge in [0.15, 0.2) is 5.13 Å². The van der Waals surface area contributed by atoms with Gasteiger partial charge in [-0.2, -0.15) is 0 Å². The summed E-state index contributed by atoms with van der Waals surface area (Å²) in [5.74, 6) is 1.23. The molecule has 126 valence electrons. The molecule has 0 saturated carbocycles. The number of aromatic nitrogens is 4. The van der Waals surface area contributed by atoms with E-state index in [1.807, 2.05) is 29.0 Å². The first-order valence-corrected chi connectivity index (χ1v) is 9.12. The minimum absolute atomic E-state index is 0.534. The average Bonchev–Trinajstić information content (AvgIpc) is 3.18. The number of rotatable bonds is 4. The molecule has 0 fully saturated rings. The summed E-state index contributed by atoms with van der Waals surface area (Å²) in [6.07, 6.45) is 3.72. The van der Waals surface area contributed by atoms with Gasteiger partial charge in [0.2, 0.25) is 5.78 Å². The monoisotopic (exact) mass is 349 g/mol. The first-order valence-electron chi connectivity index (χ1n) is 8.24. The van der Waals surface area contributed by atoms with Crippen molar-refractivity contribution in [2.24, 2.45) is 0 Å². The predicted molar refractivity (Wildman–Crippen MR) is 103 cm³/mol. The quantitative estimate of drug-likeness (QED) is 0.561. The van der Waals surface area contributed by atoms with E-state index >= 15 is 0 Å². The number of aryl methyl sites for hydroxylation is 1. The molecule has 0 unspecified atom stereocenters. The molecule has 1 aromatic carbocycles. The Morgan fingerprint density at radius 1 is 1.12 bits per heavy atom. The van der Waals surface area contributed by atoms with E-state index in [2.05, 4.69) is 53.4 Å². The van der Waals surface area contributed by atoms with Crippen LogP contribution in [0.1, 0.15) is 31.0 Å². The lowest BCUT2D eigenvalue weighted by Crippen LogP contribution is -1.93. The summed E-state index contributed by atoms with van der Waals surface area (Å²) < 4.78 is 1.98. The van der Waals surface area contributed by atoms with Crippen molar-refractivity contribution in [3.8, 4) is 11.4 Å². The number of imidazole rings is 1. The topological polar surface area (TPSA) is 55.1 Å². The largest absolute Gasteiger partial charge is 0.332 e. The van der Waals surface area contributed by atoms with Gasteiger partial charge in [0.05, 0.1) is 11.4 Å². The van der Waals surface area contributed by atoms with Gasteiger partial charge in [-0.15, -0.1) is 11.3 Å². The SMILES string of the molecule is Cc1nc2ncccn2c1-c1csc(Nc2ccc(C(C)C)cc2)n1. The van der Waals surface area contributed by atoms with E-state index in [1.54, 1.807) is 17.5 Å². The van der Waals surface area contributed by atoms with Gasteiger partial charge in [-0.25, -0.2) is 15.0 Å². The Hall–Kier alpha value is -2.73. The maximum absolute atomic E-state index is 4.74. The van der Waals surface area contributed by atoms with Gasteiger partial charge in [0.25, 0.3) is 0 Å². The standard InChI is InChI=1S/C19H19N5S/c1-12(2)14-5-7-15(8-6-14)22-19-23-16(11-25-19)17-13(3)21-18-20-9-4-10-24(17)18/h4-12H,1-3H3,(H,22,23). The number of nitrogens with zero attached hydrogens (tertiary/aromatic N) is 4. The Kier molecular flexibility index (Phi) is 3.97. The molecule has 0 spiro atoms. The van der Waals surface area contributed by atoms with Gasteiger partial charge in [0, 0.05) is 23.5 Å². The van der Waals surface area contributed by atoms with E-state index in [9.17, 15) is 0 Å². The lowest BCUT2D eigenvalue weighted by molar-refractivity contribution is 0.867. The highest BCUT2D eigenvalue weighted by Gasteiger charge is 2.14. The van der Waals surface area contributed by atoms with Crippen LogP contribution in [0.2, 0.25) is 0 Å². The fourth-order valence-corrected chi connectivity index (χ4v) is 3.54. The fourth-order valence-electron chi connectivity index (χ4n) is 2.82. The lowest BCUT2D eigenvalue weighted by Gasteiger charge is -2.07. The third-order valence-electron chi connectivity index (χ3n) is 4.15. The summed E-state index contributed by atoms with van der Waals surface area (Å²) in [5, 5.41) is 6.30. The smallest absolute Gasteiger partial charge is 0.234 e. The Bertz CT molecular complexity index is 1010. The first kappa shape index (κ1) is 15.8.